The molecule has 2 aromatic carbocycles. The van der Waals surface area contributed by atoms with Gasteiger partial charge in [0.1, 0.15) is 17.8 Å². The van der Waals surface area contributed by atoms with Crippen molar-refractivity contribution in [2.24, 2.45) is 0 Å². The molecule has 0 aliphatic carbocycles. The maximum absolute atomic E-state index is 13.0. The normalized spacial score (nSPS) is 10.8. The minimum Gasteiger partial charge on any atom is -0.298 e. The summed E-state index contributed by atoms with van der Waals surface area (Å²) in [7, 11) is 0. The van der Waals surface area contributed by atoms with Crippen molar-refractivity contribution in [1.29, 1.82) is 0 Å². The predicted molar refractivity (Wildman–Crippen MR) is 76.8 cm³/mol. The first-order valence-electron chi connectivity index (χ1n) is 6.35. The van der Waals surface area contributed by atoms with E-state index < -0.39 is 0 Å². The highest BCUT2D eigenvalue weighted by molar-refractivity contribution is 6.00. The van der Waals surface area contributed by atoms with Crippen LogP contribution in [0, 0.1) is 5.82 Å². The third kappa shape index (κ3) is 2.23. The molecule has 1 heterocycles. The van der Waals surface area contributed by atoms with E-state index in [0.717, 1.165) is 6.29 Å². The SMILES string of the molecule is CC(=O)n1nc(-c2ccc(F)cc2)c2cc(C=O)ccc21. The van der Waals surface area contributed by atoms with Crippen LogP contribution < -0.4 is 0 Å². The molecule has 5 heteroatoms. The number of benzene rings is 2. The van der Waals surface area contributed by atoms with Crippen molar-refractivity contribution in [3.05, 3.63) is 53.8 Å². The average Bonchev–Trinajstić information content (AvgIpc) is 2.87. The van der Waals surface area contributed by atoms with Gasteiger partial charge in [-0.3, -0.25) is 9.59 Å². The standard InChI is InChI=1S/C16H11FN2O2/c1-10(21)19-15-7-2-11(9-20)8-14(15)16(18-19)12-3-5-13(17)6-4-12/h2-9H,1H3. The zero-order valence-electron chi connectivity index (χ0n) is 11.2. The smallest absolute Gasteiger partial charge is 0.244 e. The summed E-state index contributed by atoms with van der Waals surface area (Å²) in [6.07, 6.45) is 0.735. The van der Waals surface area contributed by atoms with Crippen LogP contribution in [0.25, 0.3) is 22.2 Å². The number of carbonyl (C=O) groups excluding carboxylic acids is 2. The molecule has 0 saturated heterocycles. The average molecular weight is 282 g/mol. The molecule has 3 rings (SSSR count). The third-order valence-corrected chi connectivity index (χ3v) is 3.26. The highest BCUT2D eigenvalue weighted by Gasteiger charge is 2.15. The Morgan fingerprint density at radius 3 is 2.52 bits per heavy atom. The molecule has 0 radical (unpaired) electrons. The van der Waals surface area contributed by atoms with Gasteiger partial charge in [-0.05, 0) is 42.5 Å². The minimum absolute atomic E-state index is 0.229. The van der Waals surface area contributed by atoms with Gasteiger partial charge in [-0.1, -0.05) is 0 Å². The van der Waals surface area contributed by atoms with Crippen LogP contribution in [0.1, 0.15) is 22.1 Å². The van der Waals surface area contributed by atoms with E-state index in [1.807, 2.05) is 0 Å². The molecule has 0 aliphatic heterocycles. The van der Waals surface area contributed by atoms with E-state index in [-0.39, 0.29) is 11.7 Å². The molecule has 1 aromatic heterocycles. The molecule has 0 bridgehead atoms. The van der Waals surface area contributed by atoms with Crippen LogP contribution in [-0.4, -0.2) is 22.0 Å². The lowest BCUT2D eigenvalue weighted by Gasteiger charge is -1.98. The Kier molecular flexibility index (Phi) is 3.10. The van der Waals surface area contributed by atoms with Gasteiger partial charge in [0, 0.05) is 23.4 Å². The van der Waals surface area contributed by atoms with E-state index in [9.17, 15) is 14.0 Å². The Labute approximate surface area is 119 Å². The molecular formula is C16H11FN2O2. The summed E-state index contributed by atoms with van der Waals surface area (Å²) in [6, 6.07) is 10.8. The molecule has 3 aromatic rings. The molecule has 0 atom stereocenters. The van der Waals surface area contributed by atoms with Crippen LogP contribution in [0.4, 0.5) is 4.39 Å². The fraction of sp³-hybridized carbons (Fsp3) is 0.0625. The monoisotopic (exact) mass is 282 g/mol. The van der Waals surface area contributed by atoms with Crippen molar-refractivity contribution in [2.45, 2.75) is 6.92 Å². The Bertz CT molecular complexity index is 851. The zero-order chi connectivity index (χ0) is 15.0. The summed E-state index contributed by atoms with van der Waals surface area (Å²) in [6.45, 7) is 1.41. The van der Waals surface area contributed by atoms with Crippen molar-refractivity contribution in [3.8, 4) is 11.3 Å². The molecular weight excluding hydrogens is 271 g/mol. The second-order valence-electron chi connectivity index (χ2n) is 4.68. The predicted octanol–water partition coefficient (Wildman–Crippen LogP) is 3.32. The Morgan fingerprint density at radius 2 is 1.90 bits per heavy atom. The Morgan fingerprint density at radius 1 is 1.19 bits per heavy atom. The van der Waals surface area contributed by atoms with E-state index in [2.05, 4.69) is 5.10 Å². The van der Waals surface area contributed by atoms with E-state index in [1.54, 1.807) is 30.3 Å². The van der Waals surface area contributed by atoms with E-state index in [0.29, 0.717) is 27.7 Å². The second kappa shape index (κ2) is 4.94. The van der Waals surface area contributed by atoms with Gasteiger partial charge in [-0.2, -0.15) is 9.78 Å². The second-order valence-corrected chi connectivity index (χ2v) is 4.68. The van der Waals surface area contributed by atoms with Crippen LogP contribution in [0.3, 0.4) is 0 Å². The fourth-order valence-corrected chi connectivity index (χ4v) is 2.27. The molecule has 21 heavy (non-hydrogen) atoms. The lowest BCUT2D eigenvalue weighted by Crippen LogP contribution is -2.07. The topological polar surface area (TPSA) is 52.0 Å². The van der Waals surface area contributed by atoms with Crippen LogP contribution in [0.15, 0.2) is 42.5 Å². The molecule has 0 amide bonds. The summed E-state index contributed by atoms with van der Waals surface area (Å²) >= 11 is 0. The number of fused-ring (bicyclic) bond motifs is 1. The number of carbonyl (C=O) groups is 2. The van der Waals surface area contributed by atoms with Crippen LogP contribution >= 0.6 is 0 Å². The van der Waals surface area contributed by atoms with Gasteiger partial charge in [0.05, 0.1) is 5.52 Å². The molecule has 0 fully saturated rings. The molecule has 0 N–H and O–H groups in total. The van der Waals surface area contributed by atoms with E-state index >= 15 is 0 Å². The van der Waals surface area contributed by atoms with E-state index in [1.165, 1.54) is 23.7 Å². The molecule has 0 aliphatic rings. The fourth-order valence-electron chi connectivity index (χ4n) is 2.27. The maximum atomic E-state index is 13.0. The third-order valence-electron chi connectivity index (χ3n) is 3.26. The molecule has 0 unspecified atom stereocenters. The number of rotatable bonds is 2. The van der Waals surface area contributed by atoms with Gasteiger partial charge >= 0.3 is 0 Å². The number of hydrogen-bond acceptors (Lipinski definition) is 3. The summed E-state index contributed by atoms with van der Waals surface area (Å²) in [4.78, 5) is 22.6. The Balaban J connectivity index is 2.32. The van der Waals surface area contributed by atoms with Crippen LogP contribution in [0.5, 0.6) is 0 Å². The summed E-state index contributed by atoms with van der Waals surface area (Å²) in [5.74, 6) is -0.574. The molecule has 0 spiro atoms. The summed E-state index contributed by atoms with van der Waals surface area (Å²) in [5, 5.41) is 4.97. The first-order chi connectivity index (χ1) is 10.1. The lowest BCUT2D eigenvalue weighted by atomic mass is 10.1. The molecule has 0 saturated carbocycles. The van der Waals surface area contributed by atoms with Gasteiger partial charge in [-0.25, -0.2) is 4.39 Å². The van der Waals surface area contributed by atoms with Gasteiger partial charge in [0.15, 0.2) is 0 Å². The highest BCUT2D eigenvalue weighted by Crippen LogP contribution is 2.28. The van der Waals surface area contributed by atoms with Gasteiger partial charge in [-0.15, -0.1) is 0 Å². The van der Waals surface area contributed by atoms with Crippen LogP contribution in [0.2, 0.25) is 0 Å². The van der Waals surface area contributed by atoms with Crippen molar-refractivity contribution in [2.75, 3.05) is 0 Å². The van der Waals surface area contributed by atoms with Crippen LogP contribution in [-0.2, 0) is 0 Å². The summed E-state index contributed by atoms with van der Waals surface area (Å²) in [5.41, 5.74) is 2.34. The maximum Gasteiger partial charge on any atom is 0.244 e. The minimum atomic E-state index is -0.345. The number of aromatic nitrogens is 2. The number of halogens is 1. The lowest BCUT2D eigenvalue weighted by molar-refractivity contribution is 0.0927. The van der Waals surface area contributed by atoms with Gasteiger partial charge in [0.25, 0.3) is 0 Å². The largest absolute Gasteiger partial charge is 0.298 e. The quantitative estimate of drug-likeness (QED) is 0.677. The first-order valence-corrected chi connectivity index (χ1v) is 6.35. The van der Waals surface area contributed by atoms with Crippen molar-refractivity contribution in [3.63, 3.8) is 0 Å². The van der Waals surface area contributed by atoms with Crippen molar-refractivity contribution in [1.82, 2.24) is 9.78 Å². The molecule has 104 valence electrons. The van der Waals surface area contributed by atoms with Crippen molar-refractivity contribution >= 4 is 23.1 Å². The zero-order valence-corrected chi connectivity index (χ0v) is 11.2. The first kappa shape index (κ1) is 13.2. The van der Waals surface area contributed by atoms with Gasteiger partial charge < -0.3 is 0 Å². The number of aldehydes is 1. The molecule has 4 nitrogen and oxygen atoms in total. The number of nitrogens with zero attached hydrogens (tertiary/aromatic N) is 2. The van der Waals surface area contributed by atoms with Crippen molar-refractivity contribution < 1.29 is 14.0 Å². The van der Waals surface area contributed by atoms with E-state index in [4.69, 9.17) is 0 Å². The summed E-state index contributed by atoms with van der Waals surface area (Å²) < 4.78 is 14.3. The highest BCUT2D eigenvalue weighted by atomic mass is 19.1. The Hall–Kier alpha value is -2.82. The number of hydrogen-bond donors (Lipinski definition) is 0. The van der Waals surface area contributed by atoms with Gasteiger partial charge in [0.2, 0.25) is 5.91 Å².